The molecule has 1 aromatic heterocycles. The molecule has 0 saturated heterocycles. The molecule has 0 amide bonds. The summed E-state index contributed by atoms with van der Waals surface area (Å²) >= 11 is 1.94. The Morgan fingerprint density at radius 2 is 1.16 bits per heavy atom. The van der Waals surface area contributed by atoms with Gasteiger partial charge in [-0.1, -0.05) is 111 Å². The lowest BCUT2D eigenvalue weighted by molar-refractivity contribution is 0.568. The van der Waals surface area contributed by atoms with Crippen LogP contribution in [0.15, 0.2) is 54.6 Å². The van der Waals surface area contributed by atoms with E-state index in [1.54, 1.807) is 0 Å². The van der Waals surface area contributed by atoms with Crippen LogP contribution in [-0.4, -0.2) is 0 Å². The Morgan fingerprint density at radius 3 is 1.71 bits per heavy atom. The maximum Gasteiger partial charge on any atom is 0.0398 e. The lowest BCUT2D eigenvalue weighted by Crippen LogP contribution is -2.17. The van der Waals surface area contributed by atoms with Crippen molar-refractivity contribution in [1.29, 1.82) is 0 Å². The van der Waals surface area contributed by atoms with Crippen LogP contribution in [0, 0.1) is 0 Å². The molecule has 0 unspecified atom stereocenters. The van der Waals surface area contributed by atoms with Crippen LogP contribution in [-0.2, 0) is 16.2 Å². The number of thiophene rings is 1. The van der Waals surface area contributed by atoms with Crippen LogP contribution in [0.5, 0.6) is 0 Å². The highest BCUT2D eigenvalue weighted by molar-refractivity contribution is 7.26. The number of fused-ring (bicyclic) bond motifs is 3. The molecule has 4 rings (SSSR count). The predicted molar refractivity (Wildman–Crippen MR) is 141 cm³/mol. The molecule has 3 aromatic carbocycles. The highest BCUT2D eigenvalue weighted by Crippen LogP contribution is 2.45. The minimum atomic E-state index is 0.0509. The van der Waals surface area contributed by atoms with E-state index >= 15 is 0 Å². The van der Waals surface area contributed by atoms with E-state index in [1.807, 2.05) is 11.3 Å². The zero-order valence-electron chi connectivity index (χ0n) is 20.6. The van der Waals surface area contributed by atoms with Gasteiger partial charge in [-0.05, 0) is 50.1 Å². The van der Waals surface area contributed by atoms with Crippen LogP contribution in [0.3, 0.4) is 0 Å². The van der Waals surface area contributed by atoms with Gasteiger partial charge in [0.05, 0.1) is 0 Å². The van der Waals surface area contributed by atoms with Crippen molar-refractivity contribution in [2.45, 2.75) is 78.6 Å². The van der Waals surface area contributed by atoms with Gasteiger partial charge in [-0.3, -0.25) is 0 Å². The average molecular weight is 429 g/mol. The van der Waals surface area contributed by atoms with Gasteiger partial charge in [0, 0.05) is 20.2 Å². The Balaban J connectivity index is 2.10. The summed E-state index contributed by atoms with van der Waals surface area (Å²) in [6, 6.07) is 20.8. The predicted octanol–water partition coefficient (Wildman–Crippen LogP) is 9.61. The van der Waals surface area contributed by atoms with Crippen LogP contribution >= 0.6 is 11.3 Å². The summed E-state index contributed by atoms with van der Waals surface area (Å²) in [5.74, 6) is 0. The average Bonchev–Trinajstić information content (AvgIpc) is 3.03. The molecule has 0 aliphatic carbocycles. The lowest BCUT2D eigenvalue weighted by Gasteiger charge is -2.28. The van der Waals surface area contributed by atoms with Crippen molar-refractivity contribution in [3.05, 3.63) is 71.3 Å². The van der Waals surface area contributed by atoms with Gasteiger partial charge in [0.15, 0.2) is 0 Å². The standard InChI is InChI=1S/C30H36S/c1-28(2,3)20-16-19(17-21(18-20)29(4,5)6)22-14-15-24-23-12-10-11-13-25(23)31-27(24)26(22)30(7,8)9/h10-18H,1-9H3. The first-order valence-electron chi connectivity index (χ1n) is 11.4. The van der Waals surface area contributed by atoms with Gasteiger partial charge in [0.2, 0.25) is 0 Å². The summed E-state index contributed by atoms with van der Waals surface area (Å²) in [6.45, 7) is 21.0. The van der Waals surface area contributed by atoms with Crippen molar-refractivity contribution >= 4 is 31.5 Å². The third-order valence-electron chi connectivity index (χ3n) is 6.27. The van der Waals surface area contributed by atoms with E-state index in [9.17, 15) is 0 Å². The third-order valence-corrected chi connectivity index (χ3v) is 7.48. The quantitative estimate of drug-likeness (QED) is 0.283. The van der Waals surface area contributed by atoms with Crippen LogP contribution in [0.1, 0.15) is 79.0 Å². The highest BCUT2D eigenvalue weighted by atomic mass is 32.1. The minimum Gasteiger partial charge on any atom is -0.135 e. The third kappa shape index (κ3) is 4.05. The fourth-order valence-corrected chi connectivity index (χ4v) is 5.88. The molecule has 0 bridgehead atoms. The van der Waals surface area contributed by atoms with Gasteiger partial charge in [-0.25, -0.2) is 0 Å². The summed E-state index contributed by atoms with van der Waals surface area (Å²) in [7, 11) is 0. The molecule has 0 spiro atoms. The fraction of sp³-hybridized carbons (Fsp3) is 0.400. The zero-order chi connectivity index (χ0) is 22.8. The maximum atomic E-state index is 2.43. The summed E-state index contributed by atoms with van der Waals surface area (Å²) in [4.78, 5) is 0. The Labute approximate surface area is 192 Å². The second-order valence-electron chi connectivity index (χ2n) is 12.0. The summed E-state index contributed by atoms with van der Waals surface area (Å²) in [5.41, 5.74) is 7.29. The van der Waals surface area contributed by atoms with E-state index < -0.39 is 0 Å². The van der Waals surface area contributed by atoms with E-state index in [4.69, 9.17) is 0 Å². The Morgan fingerprint density at radius 1 is 0.581 bits per heavy atom. The first kappa shape index (κ1) is 22.1. The fourth-order valence-electron chi connectivity index (χ4n) is 4.42. The van der Waals surface area contributed by atoms with Gasteiger partial charge >= 0.3 is 0 Å². The largest absolute Gasteiger partial charge is 0.135 e. The molecular formula is C30H36S. The molecule has 0 saturated carbocycles. The van der Waals surface area contributed by atoms with E-state index in [1.165, 1.54) is 48.0 Å². The van der Waals surface area contributed by atoms with Gasteiger partial charge in [-0.2, -0.15) is 0 Å². The maximum absolute atomic E-state index is 2.43. The SMILES string of the molecule is CC(C)(C)c1cc(-c2ccc3c(sc4ccccc43)c2C(C)(C)C)cc(C(C)(C)C)c1. The van der Waals surface area contributed by atoms with Crippen molar-refractivity contribution < 1.29 is 0 Å². The van der Waals surface area contributed by atoms with Crippen molar-refractivity contribution in [2.75, 3.05) is 0 Å². The first-order valence-corrected chi connectivity index (χ1v) is 12.2. The molecule has 0 N–H and O–H groups in total. The van der Waals surface area contributed by atoms with Gasteiger partial charge in [-0.15, -0.1) is 11.3 Å². The van der Waals surface area contributed by atoms with E-state index in [-0.39, 0.29) is 16.2 Å². The molecule has 0 aliphatic rings. The molecule has 1 heterocycles. The Bertz CT molecular complexity index is 1230. The van der Waals surface area contributed by atoms with Crippen molar-refractivity contribution in [2.24, 2.45) is 0 Å². The molecule has 0 atom stereocenters. The number of benzene rings is 3. The van der Waals surface area contributed by atoms with Gasteiger partial charge in [0.1, 0.15) is 0 Å². The molecule has 4 aromatic rings. The highest BCUT2D eigenvalue weighted by Gasteiger charge is 2.26. The van der Waals surface area contributed by atoms with Crippen LogP contribution in [0.2, 0.25) is 0 Å². The Kier molecular flexibility index (Phi) is 5.13. The van der Waals surface area contributed by atoms with Crippen LogP contribution in [0.4, 0.5) is 0 Å². The zero-order valence-corrected chi connectivity index (χ0v) is 21.4. The van der Waals surface area contributed by atoms with E-state index in [2.05, 4.69) is 117 Å². The summed E-state index contributed by atoms with van der Waals surface area (Å²) in [6.07, 6.45) is 0. The normalized spacial score (nSPS) is 13.3. The molecule has 1 heteroatoms. The Hall–Kier alpha value is -2.12. The van der Waals surface area contributed by atoms with Gasteiger partial charge in [0.25, 0.3) is 0 Å². The van der Waals surface area contributed by atoms with E-state index in [0.717, 1.165) is 0 Å². The van der Waals surface area contributed by atoms with Crippen molar-refractivity contribution in [3.63, 3.8) is 0 Å². The molecule has 0 nitrogen and oxygen atoms in total. The number of hydrogen-bond donors (Lipinski definition) is 0. The first-order chi connectivity index (χ1) is 14.3. The van der Waals surface area contributed by atoms with Crippen LogP contribution in [0.25, 0.3) is 31.3 Å². The second kappa shape index (κ2) is 7.20. The molecule has 162 valence electrons. The minimum absolute atomic E-state index is 0.0509. The van der Waals surface area contributed by atoms with Crippen LogP contribution < -0.4 is 0 Å². The lowest BCUT2D eigenvalue weighted by atomic mass is 9.76. The van der Waals surface area contributed by atoms with Gasteiger partial charge < -0.3 is 0 Å². The smallest absolute Gasteiger partial charge is 0.0398 e. The molecule has 0 aliphatic heterocycles. The number of rotatable bonds is 1. The number of hydrogen-bond acceptors (Lipinski definition) is 1. The molecule has 0 fully saturated rings. The molecule has 31 heavy (non-hydrogen) atoms. The molecular weight excluding hydrogens is 392 g/mol. The van der Waals surface area contributed by atoms with Crippen molar-refractivity contribution in [3.8, 4) is 11.1 Å². The van der Waals surface area contributed by atoms with E-state index in [0.29, 0.717) is 0 Å². The summed E-state index contributed by atoms with van der Waals surface area (Å²) < 4.78 is 2.81. The second-order valence-corrected chi connectivity index (χ2v) is 13.1. The summed E-state index contributed by atoms with van der Waals surface area (Å²) in [5, 5.41) is 2.76. The topological polar surface area (TPSA) is 0 Å². The van der Waals surface area contributed by atoms with Crippen molar-refractivity contribution in [1.82, 2.24) is 0 Å². The monoisotopic (exact) mass is 428 g/mol. The molecule has 0 radical (unpaired) electrons.